The molecule has 0 aromatic heterocycles. The summed E-state index contributed by atoms with van der Waals surface area (Å²) in [6.45, 7) is 0. The van der Waals surface area contributed by atoms with Gasteiger partial charge in [0.25, 0.3) is 0 Å². The monoisotopic (exact) mass is 340 g/mol. The lowest BCUT2D eigenvalue weighted by Gasteiger charge is -2.24. The summed E-state index contributed by atoms with van der Waals surface area (Å²) in [4.78, 5) is 0. The van der Waals surface area contributed by atoms with Gasteiger partial charge in [0.2, 0.25) is 0 Å². The van der Waals surface area contributed by atoms with Crippen LogP contribution in [0.4, 0.5) is 0 Å². The molecule has 0 spiro atoms. The summed E-state index contributed by atoms with van der Waals surface area (Å²) in [5, 5.41) is 0. The summed E-state index contributed by atoms with van der Waals surface area (Å²) >= 11 is 0. The normalized spacial score (nSPS) is 20.8. The van der Waals surface area contributed by atoms with Crippen LogP contribution in [0.25, 0.3) is 0 Å². The molecular weight excluding hydrogens is 300 g/mol. The Morgan fingerprint density at radius 2 is 1.32 bits per heavy atom. The highest BCUT2D eigenvalue weighted by molar-refractivity contribution is 5.14. The molecule has 0 heteroatoms. The summed E-state index contributed by atoms with van der Waals surface area (Å²) in [6, 6.07) is 11.2. The first-order valence-electron chi connectivity index (χ1n) is 11.4. The first kappa shape index (κ1) is 19.0. The highest BCUT2D eigenvalue weighted by Crippen LogP contribution is 2.33. The molecule has 2 aliphatic carbocycles. The smallest absolute Gasteiger partial charge is 0.0276 e. The summed E-state index contributed by atoms with van der Waals surface area (Å²) in [7, 11) is 0. The van der Waals surface area contributed by atoms with Crippen molar-refractivity contribution in [3.8, 4) is 0 Å². The Labute approximate surface area is 156 Å². The molecule has 0 bridgehead atoms. The third kappa shape index (κ3) is 7.16. The molecule has 0 nitrogen and oxygen atoms in total. The van der Waals surface area contributed by atoms with Gasteiger partial charge >= 0.3 is 0 Å². The van der Waals surface area contributed by atoms with Crippen LogP contribution in [0.5, 0.6) is 0 Å². The van der Waals surface area contributed by atoms with E-state index in [1.165, 1.54) is 103 Å². The van der Waals surface area contributed by atoms with Crippen molar-refractivity contribution in [2.24, 2.45) is 17.8 Å². The fourth-order valence-corrected chi connectivity index (χ4v) is 5.39. The predicted molar refractivity (Wildman–Crippen MR) is 110 cm³/mol. The van der Waals surface area contributed by atoms with Crippen molar-refractivity contribution in [3.63, 3.8) is 0 Å². The van der Waals surface area contributed by atoms with Crippen molar-refractivity contribution in [2.75, 3.05) is 0 Å². The number of benzene rings is 1. The lowest BCUT2D eigenvalue weighted by Crippen LogP contribution is -2.10. The van der Waals surface area contributed by atoms with Gasteiger partial charge in [-0.15, -0.1) is 0 Å². The van der Waals surface area contributed by atoms with Gasteiger partial charge in [0, 0.05) is 0 Å². The Kier molecular flexibility index (Phi) is 8.39. The molecule has 2 fully saturated rings. The maximum Gasteiger partial charge on any atom is -0.0276 e. The maximum atomic E-state index is 2.32. The van der Waals surface area contributed by atoms with Crippen LogP contribution in [0.1, 0.15) is 102 Å². The van der Waals surface area contributed by atoms with Crippen LogP contribution >= 0.6 is 0 Å². The zero-order valence-electron chi connectivity index (χ0n) is 16.4. The van der Waals surface area contributed by atoms with Crippen molar-refractivity contribution in [3.05, 3.63) is 35.9 Å². The second kappa shape index (κ2) is 11.0. The molecule has 140 valence electrons. The molecule has 0 radical (unpaired) electrons. The molecule has 3 rings (SSSR count). The van der Waals surface area contributed by atoms with Crippen molar-refractivity contribution in [1.29, 1.82) is 0 Å². The molecule has 1 unspecified atom stereocenters. The second-order valence-electron chi connectivity index (χ2n) is 9.05. The summed E-state index contributed by atoms with van der Waals surface area (Å²) < 4.78 is 0. The minimum atomic E-state index is 0.975. The van der Waals surface area contributed by atoms with E-state index in [1.54, 1.807) is 5.56 Å². The second-order valence-corrected chi connectivity index (χ2v) is 9.05. The molecule has 2 aliphatic rings. The van der Waals surface area contributed by atoms with E-state index in [-0.39, 0.29) is 0 Å². The zero-order chi connectivity index (χ0) is 17.2. The number of aryl methyl sites for hydroxylation is 1. The molecule has 0 N–H and O–H groups in total. The van der Waals surface area contributed by atoms with Gasteiger partial charge in [-0.25, -0.2) is 0 Å². The Morgan fingerprint density at radius 1 is 0.680 bits per heavy atom. The van der Waals surface area contributed by atoms with E-state index in [0.717, 1.165) is 17.8 Å². The molecule has 0 saturated heterocycles. The Balaban J connectivity index is 1.41. The van der Waals surface area contributed by atoms with Crippen molar-refractivity contribution >= 4 is 0 Å². The minimum Gasteiger partial charge on any atom is -0.0622 e. The fraction of sp³-hybridized carbons (Fsp3) is 0.760. The summed E-state index contributed by atoms with van der Waals surface area (Å²) in [6.07, 6.45) is 23.8. The van der Waals surface area contributed by atoms with Crippen LogP contribution in [0, 0.1) is 17.8 Å². The van der Waals surface area contributed by atoms with Gasteiger partial charge in [0.05, 0.1) is 0 Å². The van der Waals surface area contributed by atoms with E-state index < -0.39 is 0 Å². The summed E-state index contributed by atoms with van der Waals surface area (Å²) in [5.74, 6) is 3.11. The molecule has 2 saturated carbocycles. The van der Waals surface area contributed by atoms with Gasteiger partial charge in [0.1, 0.15) is 0 Å². The summed E-state index contributed by atoms with van der Waals surface area (Å²) in [5.41, 5.74) is 1.54. The quantitative estimate of drug-likeness (QED) is 0.405. The van der Waals surface area contributed by atoms with E-state index in [0.29, 0.717) is 0 Å². The van der Waals surface area contributed by atoms with E-state index in [1.807, 2.05) is 0 Å². The zero-order valence-corrected chi connectivity index (χ0v) is 16.4. The highest BCUT2D eigenvalue weighted by atomic mass is 14.2. The standard InChI is InChI=1S/C25H40/c1-3-10-23(11-4-1)18-20-25(17-9-16-22-14-7-8-15-22)21-19-24-12-5-2-6-13-24/h1,3-4,10-11,22,24-25H,2,5-9,12-21H2. The molecule has 1 aromatic rings. The molecule has 0 amide bonds. The van der Waals surface area contributed by atoms with Crippen LogP contribution < -0.4 is 0 Å². The molecule has 0 heterocycles. The maximum absolute atomic E-state index is 2.32. The van der Waals surface area contributed by atoms with Gasteiger partial charge < -0.3 is 0 Å². The lowest BCUT2D eigenvalue weighted by molar-refractivity contribution is 0.289. The molecule has 0 aliphatic heterocycles. The molecular formula is C25H40. The van der Waals surface area contributed by atoms with E-state index in [4.69, 9.17) is 0 Å². The molecule has 1 aromatic carbocycles. The van der Waals surface area contributed by atoms with Gasteiger partial charge in [0.15, 0.2) is 0 Å². The number of rotatable bonds is 10. The molecule has 25 heavy (non-hydrogen) atoms. The highest BCUT2D eigenvalue weighted by Gasteiger charge is 2.18. The third-order valence-corrected chi connectivity index (χ3v) is 7.09. The van der Waals surface area contributed by atoms with Gasteiger partial charge in [-0.1, -0.05) is 120 Å². The first-order valence-corrected chi connectivity index (χ1v) is 11.4. The number of hydrogen-bond acceptors (Lipinski definition) is 0. The Hall–Kier alpha value is -0.780. The van der Waals surface area contributed by atoms with E-state index in [9.17, 15) is 0 Å². The van der Waals surface area contributed by atoms with Crippen molar-refractivity contribution in [1.82, 2.24) is 0 Å². The van der Waals surface area contributed by atoms with Crippen molar-refractivity contribution < 1.29 is 0 Å². The van der Waals surface area contributed by atoms with E-state index >= 15 is 0 Å². The SMILES string of the molecule is c1ccc(CCC(CCCC2CCCC2)CCC2CCCCC2)cc1. The Morgan fingerprint density at radius 3 is 2.04 bits per heavy atom. The largest absolute Gasteiger partial charge is 0.0622 e. The van der Waals surface area contributed by atoms with Crippen molar-refractivity contribution in [2.45, 2.75) is 103 Å². The third-order valence-electron chi connectivity index (χ3n) is 7.09. The minimum absolute atomic E-state index is 0.975. The number of hydrogen-bond donors (Lipinski definition) is 0. The van der Waals surface area contributed by atoms with Crippen LogP contribution in [0.15, 0.2) is 30.3 Å². The predicted octanol–water partition coefficient (Wildman–Crippen LogP) is 7.96. The average molecular weight is 341 g/mol. The Bertz CT molecular complexity index is 436. The molecule has 1 atom stereocenters. The van der Waals surface area contributed by atoms with E-state index in [2.05, 4.69) is 30.3 Å². The average Bonchev–Trinajstić information content (AvgIpc) is 3.19. The first-order chi connectivity index (χ1) is 12.4. The van der Waals surface area contributed by atoms with Crippen LogP contribution in [-0.4, -0.2) is 0 Å². The fourth-order valence-electron chi connectivity index (χ4n) is 5.39. The van der Waals surface area contributed by atoms with Crippen LogP contribution in [0.3, 0.4) is 0 Å². The van der Waals surface area contributed by atoms with Crippen LogP contribution in [0.2, 0.25) is 0 Å². The van der Waals surface area contributed by atoms with Crippen LogP contribution in [-0.2, 0) is 6.42 Å². The van der Waals surface area contributed by atoms with Gasteiger partial charge in [-0.3, -0.25) is 0 Å². The lowest BCUT2D eigenvalue weighted by atomic mass is 9.81. The topological polar surface area (TPSA) is 0 Å². The van der Waals surface area contributed by atoms with Gasteiger partial charge in [-0.2, -0.15) is 0 Å². The van der Waals surface area contributed by atoms with Gasteiger partial charge in [-0.05, 0) is 36.2 Å².